The largest absolute Gasteiger partial charge is 0.496 e. The van der Waals surface area contributed by atoms with E-state index in [1.165, 1.54) is 48.6 Å². The summed E-state index contributed by atoms with van der Waals surface area (Å²) in [5.41, 5.74) is 9.77. The minimum atomic E-state index is -0.299. The normalized spacial score (nSPS) is 15.9. The van der Waals surface area contributed by atoms with Gasteiger partial charge in [-0.15, -0.1) is 0 Å². The van der Waals surface area contributed by atoms with Crippen LogP contribution >= 0.6 is 0 Å². The molecule has 7 heterocycles. The van der Waals surface area contributed by atoms with E-state index in [2.05, 4.69) is 63.8 Å². The molecule has 0 aliphatic carbocycles. The molecule has 135 heavy (non-hydrogen) atoms. The van der Waals surface area contributed by atoms with Crippen LogP contribution in [0.4, 0.5) is 4.39 Å². The summed E-state index contributed by atoms with van der Waals surface area (Å²) in [4.78, 5) is 91.2. The van der Waals surface area contributed by atoms with Crippen molar-refractivity contribution in [1.82, 2.24) is 29.4 Å². The standard InChI is InChI=1S/C22H22N2O3.3C21H20N2O2.C14H16FNO2.C11H15NO3/c1-3-22(25)24-12-10-18(11-13-24)27-21-14-16(8-9-17(21)15-23)19-6-4-5-7-20(19)26-2;1-2-21(24)23-13-11-17(12-14-23)25-20-10-6-9-18(19(20)15-22)16-7-4-3-5-8-16;1-2-21(24)23-10-8-19(9-11-23)25-20-13-16(15-22)12-18(14-20)17-6-4-3-5-7-17;1-2-21(24)23-12-10-19(11-13-23)25-20-14-17(8-9-18(20)15-22)16-6-4-3-5-7-16;1-2-14(17)16-8-6-12(7-9-16)18-13-5-3-4-11(15)10-13;1-2-10(14)12-5-3-11(4-6-12)7-9(13)8-15-11/h3-9,14,18H,1,10-13H2,2H3;2-10,17H,1,11-14H2;2-7,12-14,19H,1,8-11H2;2-9,14,19H,1,10-13H2;2-5,10,12H,1,6-9H2;2H,1,3-8H2. The number of methoxy groups -OCH3 is 1. The lowest BCUT2D eigenvalue weighted by Gasteiger charge is -2.37. The molecule has 24 nitrogen and oxygen atoms in total. The number of rotatable bonds is 21. The van der Waals surface area contributed by atoms with Crippen molar-refractivity contribution in [3.8, 4) is 103 Å². The molecule has 7 aliphatic heterocycles. The number of hydrogen-bond donors (Lipinski definition) is 0. The third kappa shape index (κ3) is 28.8. The van der Waals surface area contributed by atoms with Crippen LogP contribution in [0, 0.1) is 51.1 Å². The van der Waals surface area contributed by atoms with Crippen molar-refractivity contribution < 1.29 is 71.1 Å². The van der Waals surface area contributed by atoms with Crippen LogP contribution in [0.25, 0.3) is 44.5 Å². The second-order valence-electron chi connectivity index (χ2n) is 33.0. The number of benzene rings is 9. The molecule has 9 aromatic carbocycles. The molecule has 0 aromatic heterocycles. The van der Waals surface area contributed by atoms with Gasteiger partial charge in [0.2, 0.25) is 35.4 Å². The van der Waals surface area contributed by atoms with Gasteiger partial charge in [-0.2, -0.15) is 21.0 Å². The summed E-state index contributed by atoms with van der Waals surface area (Å²) in [5.74, 6) is 3.44. The van der Waals surface area contributed by atoms with Gasteiger partial charge in [-0.3, -0.25) is 33.6 Å². The first kappa shape index (κ1) is 100. The summed E-state index contributed by atoms with van der Waals surface area (Å²) in [6, 6.07) is 75.1. The fraction of sp³-hybridized carbons (Fsp3) is 0.300. The molecule has 0 atom stereocenters. The van der Waals surface area contributed by atoms with Gasteiger partial charge in [-0.05, 0) is 149 Å². The van der Waals surface area contributed by atoms with E-state index < -0.39 is 0 Å². The molecule has 0 bridgehead atoms. The van der Waals surface area contributed by atoms with E-state index >= 15 is 0 Å². The van der Waals surface area contributed by atoms with E-state index in [0.717, 1.165) is 127 Å². The average molecular weight is 1820 g/mol. The van der Waals surface area contributed by atoms with E-state index in [1.807, 2.05) is 170 Å². The Morgan fingerprint density at radius 1 is 0.356 bits per heavy atom. The molecule has 25 heteroatoms. The van der Waals surface area contributed by atoms with E-state index in [0.29, 0.717) is 136 Å². The average Bonchev–Trinajstić information content (AvgIpc) is 1.79. The Balaban J connectivity index is 0.000000157. The van der Waals surface area contributed by atoms with Gasteiger partial charge in [0, 0.05) is 166 Å². The minimum absolute atomic E-state index is 0.00647. The quantitative estimate of drug-likeness (QED) is 0.0604. The number of likely N-dealkylation sites (tertiary alicyclic amines) is 6. The monoisotopic (exact) mass is 1820 g/mol. The Morgan fingerprint density at radius 2 is 0.726 bits per heavy atom. The summed E-state index contributed by atoms with van der Waals surface area (Å²) >= 11 is 0. The molecule has 0 saturated carbocycles. The van der Waals surface area contributed by atoms with Crippen LogP contribution in [0.2, 0.25) is 0 Å². The van der Waals surface area contributed by atoms with Crippen LogP contribution in [0.3, 0.4) is 0 Å². The molecule has 0 unspecified atom stereocenters. The number of Topliss-reactive ketones (excluding diaryl/α,β-unsaturated/α-hetero) is 1. The maximum atomic E-state index is 13.0. The molecule has 6 amide bonds. The van der Waals surface area contributed by atoms with Gasteiger partial charge in [-0.1, -0.05) is 179 Å². The zero-order valence-electron chi connectivity index (χ0n) is 76.3. The number of hydrogen-bond acceptors (Lipinski definition) is 18. The number of ether oxygens (including phenoxy) is 7. The van der Waals surface area contributed by atoms with Gasteiger partial charge >= 0.3 is 0 Å². The zero-order valence-corrected chi connectivity index (χ0v) is 76.3. The first-order chi connectivity index (χ1) is 65.6. The number of halogens is 1. The van der Waals surface area contributed by atoms with Crippen molar-refractivity contribution in [2.45, 2.75) is 120 Å². The van der Waals surface area contributed by atoms with E-state index in [-0.39, 0.29) is 89.8 Å². The second-order valence-corrected chi connectivity index (χ2v) is 33.0. The Bertz CT molecular complexity index is 5780. The number of carbonyl (C=O) groups excluding carboxylic acids is 7. The molecule has 7 aliphatic rings. The number of carbonyl (C=O) groups is 7. The van der Waals surface area contributed by atoms with Gasteiger partial charge in [0.25, 0.3) is 0 Å². The summed E-state index contributed by atoms with van der Waals surface area (Å²) in [5, 5.41) is 37.7. The fourth-order valence-electron chi connectivity index (χ4n) is 16.8. The van der Waals surface area contributed by atoms with Crippen molar-refractivity contribution in [3.63, 3.8) is 0 Å². The number of nitriles is 4. The van der Waals surface area contributed by atoms with Crippen molar-refractivity contribution >= 4 is 41.2 Å². The topological polar surface area (TPSA) is 299 Å². The van der Waals surface area contributed by atoms with Crippen LogP contribution in [-0.2, 0) is 38.3 Å². The number of para-hydroxylation sites is 1. The summed E-state index contributed by atoms with van der Waals surface area (Å²) in [7, 11) is 1.64. The highest BCUT2D eigenvalue weighted by Crippen LogP contribution is 2.39. The Labute approximate surface area is 789 Å². The molecule has 0 radical (unpaired) electrons. The molecule has 1 spiro atoms. The van der Waals surface area contributed by atoms with Crippen molar-refractivity contribution in [1.29, 1.82) is 21.0 Å². The highest BCUT2D eigenvalue weighted by molar-refractivity contribution is 5.90. The molecule has 7 fully saturated rings. The number of amides is 6. The third-order valence-corrected chi connectivity index (χ3v) is 24.2. The highest BCUT2D eigenvalue weighted by atomic mass is 19.1. The van der Waals surface area contributed by atoms with E-state index in [4.69, 9.17) is 33.2 Å². The lowest BCUT2D eigenvalue weighted by Crippen LogP contribution is -2.46. The van der Waals surface area contributed by atoms with Crippen LogP contribution in [0.15, 0.2) is 288 Å². The molecule has 9 aromatic rings. The van der Waals surface area contributed by atoms with Gasteiger partial charge < -0.3 is 62.6 Å². The summed E-state index contributed by atoms with van der Waals surface area (Å²) < 4.78 is 54.2. The first-order valence-electron chi connectivity index (χ1n) is 45.3. The molecule has 694 valence electrons. The summed E-state index contributed by atoms with van der Waals surface area (Å²) in [6.45, 7) is 29.1. The molecule has 16 rings (SSSR count). The predicted octanol–water partition coefficient (Wildman–Crippen LogP) is 18.0. The number of ketones is 1. The van der Waals surface area contributed by atoms with E-state index in [1.54, 1.807) is 66.8 Å². The van der Waals surface area contributed by atoms with Gasteiger partial charge in [0.15, 0.2) is 5.78 Å². The zero-order chi connectivity index (χ0) is 96.0. The Hall–Kier alpha value is -15.4. The molecule has 7 saturated heterocycles. The second kappa shape index (κ2) is 50.8. The van der Waals surface area contributed by atoms with E-state index in [9.17, 15) is 59.0 Å². The van der Waals surface area contributed by atoms with Crippen LogP contribution in [0.1, 0.15) is 106 Å². The molecular weight excluding hydrogens is 1700 g/mol. The van der Waals surface area contributed by atoms with Crippen LogP contribution in [-0.4, -0.2) is 199 Å². The number of nitrogens with zero attached hydrogens (tertiary/aromatic N) is 10. The van der Waals surface area contributed by atoms with Crippen LogP contribution < -0.4 is 28.4 Å². The SMILES string of the molecule is C=CC(=O)N1CCC(Oc2cc(-c3ccccc3)ccc2C#N)CC1.C=CC(=O)N1CCC(Oc2cc(-c3ccccc3OC)ccc2C#N)CC1.C=CC(=O)N1CCC(Oc2cc(C#N)cc(-c3ccccc3)c2)CC1.C=CC(=O)N1CCC(Oc2cccc(-c3ccccc3)c2C#N)CC1.C=CC(=O)N1CCC(Oc2cccc(F)c2)CC1.C=CC(=O)N1CCC2(CC1)CC(=O)CO2. The Kier molecular flexibility index (Phi) is 37.7. The maximum absolute atomic E-state index is 13.0. The first-order valence-corrected chi connectivity index (χ1v) is 45.3. The summed E-state index contributed by atoms with van der Waals surface area (Å²) in [6.07, 6.45) is 17.7. The maximum Gasteiger partial charge on any atom is 0.245 e. The predicted molar refractivity (Wildman–Crippen MR) is 516 cm³/mol. The van der Waals surface area contributed by atoms with Gasteiger partial charge in [0.1, 0.15) is 101 Å². The lowest BCUT2D eigenvalue weighted by molar-refractivity contribution is -0.131. The number of piperidine rings is 6. The van der Waals surface area contributed by atoms with Gasteiger partial charge in [0.05, 0.1) is 35.5 Å². The van der Waals surface area contributed by atoms with Crippen LogP contribution in [0.5, 0.6) is 34.5 Å². The Morgan fingerprint density at radius 3 is 1.13 bits per heavy atom. The molecule has 0 N–H and O–H groups in total. The van der Waals surface area contributed by atoms with Gasteiger partial charge in [-0.25, -0.2) is 4.39 Å². The third-order valence-electron chi connectivity index (χ3n) is 24.2. The van der Waals surface area contributed by atoms with Crippen molar-refractivity contribution in [2.75, 3.05) is 92.3 Å². The fourth-order valence-corrected chi connectivity index (χ4v) is 16.8. The lowest BCUT2D eigenvalue weighted by atomic mass is 9.88. The highest BCUT2D eigenvalue weighted by Gasteiger charge is 2.43. The van der Waals surface area contributed by atoms with Crippen molar-refractivity contribution in [2.24, 2.45) is 0 Å². The minimum Gasteiger partial charge on any atom is -0.496 e. The van der Waals surface area contributed by atoms with Crippen molar-refractivity contribution in [3.05, 3.63) is 316 Å². The smallest absolute Gasteiger partial charge is 0.245 e. The molecular formula is C110H113FN10O14.